The number of hydrogen-bond acceptors (Lipinski definition) is 5. The number of rotatable bonds is 8. The van der Waals surface area contributed by atoms with Crippen LogP contribution in [0, 0.1) is 13.8 Å². The zero-order valence-corrected chi connectivity index (χ0v) is 27.8. The molecule has 10 heteroatoms. The molecule has 46 heavy (non-hydrogen) atoms. The number of hydrogen-bond donors (Lipinski definition) is 1. The fraction of sp³-hybridized carbons (Fsp3) is 0.417. The van der Waals surface area contributed by atoms with Gasteiger partial charge in [0.25, 0.3) is 11.8 Å². The Kier molecular flexibility index (Phi) is 9.71. The van der Waals surface area contributed by atoms with E-state index < -0.39 is 6.10 Å². The van der Waals surface area contributed by atoms with E-state index in [0.29, 0.717) is 67.7 Å². The van der Waals surface area contributed by atoms with Gasteiger partial charge in [-0.3, -0.25) is 19.3 Å². The van der Waals surface area contributed by atoms with Crippen LogP contribution in [0.15, 0.2) is 66.7 Å². The van der Waals surface area contributed by atoms with Gasteiger partial charge in [-0.1, -0.05) is 76.8 Å². The quantitative estimate of drug-likeness (QED) is 0.371. The number of carbonyl (C=O) groups excluding carboxylic acids is 3. The smallest absolute Gasteiger partial charge is 0.254 e. The van der Waals surface area contributed by atoms with E-state index >= 15 is 0 Å². The number of benzene rings is 3. The van der Waals surface area contributed by atoms with E-state index in [1.807, 2.05) is 83.1 Å². The van der Waals surface area contributed by atoms with Crippen LogP contribution in [0.1, 0.15) is 51.5 Å². The highest BCUT2D eigenvalue weighted by atomic mass is 35.5. The van der Waals surface area contributed by atoms with Crippen LogP contribution in [0.3, 0.4) is 0 Å². The molecule has 0 aliphatic carbocycles. The fourth-order valence-corrected chi connectivity index (χ4v) is 7.65. The number of aliphatic hydroxyl groups is 1. The van der Waals surface area contributed by atoms with Crippen molar-refractivity contribution in [3.63, 3.8) is 0 Å². The number of halogens is 2. The summed E-state index contributed by atoms with van der Waals surface area (Å²) in [6.45, 7) is 7.01. The minimum absolute atomic E-state index is 0.0172. The molecule has 242 valence electrons. The summed E-state index contributed by atoms with van der Waals surface area (Å²) in [5, 5.41) is 11.5. The third-order valence-electron chi connectivity index (χ3n) is 9.59. The summed E-state index contributed by atoms with van der Waals surface area (Å²) in [6, 6.07) is 20.7. The molecule has 0 spiro atoms. The van der Waals surface area contributed by atoms with Gasteiger partial charge in [-0.2, -0.15) is 0 Å². The predicted octanol–water partition coefficient (Wildman–Crippen LogP) is 4.91. The number of piperazine rings is 2. The molecule has 3 aliphatic rings. The molecule has 3 fully saturated rings. The van der Waals surface area contributed by atoms with Crippen molar-refractivity contribution in [2.45, 2.75) is 57.3 Å². The Bertz CT molecular complexity index is 1600. The first-order valence-corrected chi connectivity index (χ1v) is 16.7. The van der Waals surface area contributed by atoms with Crippen molar-refractivity contribution >= 4 is 40.9 Å². The average molecular weight is 664 g/mol. The molecule has 0 aromatic heterocycles. The highest BCUT2D eigenvalue weighted by Crippen LogP contribution is 2.34. The van der Waals surface area contributed by atoms with E-state index in [4.69, 9.17) is 23.2 Å². The number of amides is 3. The number of nitrogens with zero attached hydrogens (tertiary/aromatic N) is 4. The molecule has 1 N–H and O–H groups in total. The van der Waals surface area contributed by atoms with Crippen LogP contribution in [0.5, 0.6) is 0 Å². The lowest BCUT2D eigenvalue weighted by molar-refractivity contribution is -0.143. The normalized spacial score (nSPS) is 21.9. The Morgan fingerprint density at radius 1 is 0.848 bits per heavy atom. The number of aryl methyl sites for hydroxylation is 2. The van der Waals surface area contributed by atoms with Gasteiger partial charge in [0, 0.05) is 69.8 Å². The molecule has 3 saturated heterocycles. The lowest BCUT2D eigenvalue weighted by Gasteiger charge is -2.42. The number of likely N-dealkylation sites (tertiary alicyclic amines) is 2. The second kappa shape index (κ2) is 13.7. The van der Waals surface area contributed by atoms with E-state index in [9.17, 15) is 19.5 Å². The number of carbonyl (C=O) groups is 3. The van der Waals surface area contributed by atoms with Crippen LogP contribution >= 0.6 is 23.2 Å². The van der Waals surface area contributed by atoms with Gasteiger partial charge in [0.05, 0.1) is 16.1 Å². The van der Waals surface area contributed by atoms with Crippen LogP contribution in [-0.4, -0.2) is 99.9 Å². The molecule has 0 saturated carbocycles. The highest BCUT2D eigenvalue weighted by Gasteiger charge is 2.46. The minimum atomic E-state index is -1.06. The maximum Gasteiger partial charge on any atom is 0.254 e. The molecule has 0 unspecified atom stereocenters. The molecule has 8 nitrogen and oxygen atoms in total. The molecule has 3 amide bonds. The van der Waals surface area contributed by atoms with E-state index in [1.165, 1.54) is 0 Å². The van der Waals surface area contributed by atoms with Crippen LogP contribution in [0.25, 0.3) is 0 Å². The lowest BCUT2D eigenvalue weighted by Crippen LogP contribution is -2.54. The standard InChI is InChI=1S/C36H40Cl2N4O4/c1-23-14-24(2)16-27(15-23)35(45)40-12-13-41(32(22-40)26-8-9-30(37)31(38)18-26)34(44)10-11-39-20-29-19-28(39)21-42(29)36(46)33(43)17-25-6-4-3-5-7-25/h3-9,14-16,18,28-29,32-33,43H,10-13,17,19-22H2,1-2H3/t28-,29-,32-,33+/m0/s1. The molecule has 3 heterocycles. The molecule has 4 atom stereocenters. The Morgan fingerprint density at radius 3 is 2.26 bits per heavy atom. The zero-order valence-electron chi connectivity index (χ0n) is 26.2. The van der Waals surface area contributed by atoms with Gasteiger partial charge < -0.3 is 19.8 Å². The number of fused-ring (bicyclic) bond motifs is 2. The third kappa shape index (κ3) is 6.95. The van der Waals surface area contributed by atoms with E-state index in [0.717, 1.165) is 28.7 Å². The van der Waals surface area contributed by atoms with Crippen LogP contribution in [-0.2, 0) is 16.0 Å². The van der Waals surface area contributed by atoms with E-state index in [-0.39, 0.29) is 35.8 Å². The maximum absolute atomic E-state index is 13.8. The first kappa shape index (κ1) is 32.5. The summed E-state index contributed by atoms with van der Waals surface area (Å²) in [5.74, 6) is -0.251. The molecule has 2 bridgehead atoms. The Morgan fingerprint density at radius 2 is 1.59 bits per heavy atom. The molecular weight excluding hydrogens is 623 g/mol. The van der Waals surface area contributed by atoms with Crippen molar-refractivity contribution in [3.8, 4) is 0 Å². The second-order valence-corrected chi connectivity index (χ2v) is 13.7. The van der Waals surface area contributed by atoms with Crippen molar-refractivity contribution in [2.24, 2.45) is 0 Å². The highest BCUT2D eigenvalue weighted by molar-refractivity contribution is 6.42. The van der Waals surface area contributed by atoms with Crippen molar-refractivity contribution in [1.82, 2.24) is 19.6 Å². The van der Waals surface area contributed by atoms with E-state index in [1.54, 1.807) is 12.1 Å². The first-order chi connectivity index (χ1) is 22.1. The summed E-state index contributed by atoms with van der Waals surface area (Å²) in [5.41, 5.74) is 4.48. The average Bonchev–Trinajstić information content (AvgIpc) is 3.65. The van der Waals surface area contributed by atoms with Crippen molar-refractivity contribution in [1.29, 1.82) is 0 Å². The second-order valence-electron chi connectivity index (χ2n) is 12.9. The predicted molar refractivity (Wildman–Crippen MR) is 179 cm³/mol. The molecule has 0 radical (unpaired) electrons. The monoisotopic (exact) mass is 662 g/mol. The minimum Gasteiger partial charge on any atom is -0.383 e. The largest absolute Gasteiger partial charge is 0.383 e. The van der Waals surface area contributed by atoms with Crippen molar-refractivity contribution < 1.29 is 19.5 Å². The number of aliphatic hydroxyl groups excluding tert-OH is 1. The van der Waals surface area contributed by atoms with Crippen LogP contribution in [0.4, 0.5) is 0 Å². The molecule has 3 aromatic carbocycles. The van der Waals surface area contributed by atoms with Gasteiger partial charge in [-0.05, 0) is 55.7 Å². The molecule has 6 rings (SSSR count). The summed E-state index contributed by atoms with van der Waals surface area (Å²) in [4.78, 5) is 48.3. The van der Waals surface area contributed by atoms with Crippen molar-refractivity contribution in [2.75, 3.05) is 39.3 Å². The van der Waals surface area contributed by atoms with E-state index in [2.05, 4.69) is 4.90 Å². The molecular formula is C36H40Cl2N4O4. The van der Waals surface area contributed by atoms with Gasteiger partial charge in [0.15, 0.2) is 0 Å². The summed E-state index contributed by atoms with van der Waals surface area (Å²) in [6.07, 6.45) is 0.422. The van der Waals surface area contributed by atoms with Crippen LogP contribution < -0.4 is 0 Å². The third-order valence-corrected chi connectivity index (χ3v) is 10.3. The van der Waals surface area contributed by atoms with Gasteiger partial charge in [-0.15, -0.1) is 0 Å². The topological polar surface area (TPSA) is 84.4 Å². The summed E-state index contributed by atoms with van der Waals surface area (Å²) in [7, 11) is 0. The van der Waals surface area contributed by atoms with Crippen molar-refractivity contribution in [3.05, 3.63) is 105 Å². The van der Waals surface area contributed by atoms with Gasteiger partial charge in [0.2, 0.25) is 5.91 Å². The Balaban J connectivity index is 1.09. The zero-order chi connectivity index (χ0) is 32.5. The SMILES string of the molecule is Cc1cc(C)cc(C(=O)N2CCN(C(=O)CCN3C[C@@H]4C[C@H]3CN4C(=O)[C@H](O)Cc3ccccc3)[C@H](c3ccc(Cl)c(Cl)c3)C2)c1. The Labute approximate surface area is 280 Å². The fourth-order valence-electron chi connectivity index (χ4n) is 7.34. The molecule has 3 aliphatic heterocycles. The Hall–Kier alpha value is -3.43. The summed E-state index contributed by atoms with van der Waals surface area (Å²) < 4.78 is 0. The van der Waals surface area contributed by atoms with Crippen LogP contribution in [0.2, 0.25) is 10.0 Å². The molecule has 3 aromatic rings. The maximum atomic E-state index is 13.8. The summed E-state index contributed by atoms with van der Waals surface area (Å²) >= 11 is 12.6. The van der Waals surface area contributed by atoms with Gasteiger partial charge >= 0.3 is 0 Å². The first-order valence-electron chi connectivity index (χ1n) is 16.0. The van der Waals surface area contributed by atoms with Gasteiger partial charge in [-0.25, -0.2) is 0 Å². The van der Waals surface area contributed by atoms with Gasteiger partial charge in [0.1, 0.15) is 6.10 Å². The lowest BCUT2D eigenvalue weighted by atomic mass is 10.00.